The summed E-state index contributed by atoms with van der Waals surface area (Å²) in [5.74, 6) is 0.930. The average molecular weight is 1340 g/mol. The maximum Gasteiger partial charge on any atom is 0.289 e. The monoisotopic (exact) mass is 1340 g/mol. The highest BCUT2D eigenvalue weighted by molar-refractivity contribution is 7.21. The van der Waals surface area contributed by atoms with Crippen molar-refractivity contribution >= 4 is 86.6 Å². The minimum Gasteiger partial charge on any atom is -0.244 e. The number of rotatable bonds is 9. The smallest absolute Gasteiger partial charge is 0.244 e. The molecule has 0 unspecified atom stereocenters. The molecule has 0 atom stereocenters. The predicted molar refractivity (Wildman–Crippen MR) is 413 cm³/mol. The molecule has 8 aromatic heterocycles. The molecule has 0 aliphatic heterocycles. The lowest BCUT2D eigenvalue weighted by Gasteiger charge is -2.17. The zero-order valence-corrected chi connectivity index (χ0v) is 58.5. The van der Waals surface area contributed by atoms with E-state index in [0.717, 1.165) is 37.1 Å². The van der Waals surface area contributed by atoms with Gasteiger partial charge in [0.2, 0.25) is 22.8 Å². The SMILES string of the molecule is C.C.C.Cc1ccc(-c2nc3ccc(-c4ccccc4C)[n+](C)c3s2)cc1.Cc1ccccc1-c1cc2ncsc2c[n+]1C.Cc1ccccc1-c1ccc2nc(-c3c(C(C)C)cccc3C(C)C)sc2[n+]1C.Cc1ccccc1-c1ccc2nc(-c3ccccc3)sc2[n+]1C. The van der Waals surface area contributed by atoms with Crippen molar-refractivity contribution in [3.05, 3.63) is 263 Å². The molecule has 0 fully saturated rings. The number of pyridine rings is 4. The number of nitrogens with zero attached hydrogens (tertiary/aromatic N) is 8. The van der Waals surface area contributed by atoms with Crippen molar-refractivity contribution in [3.63, 3.8) is 0 Å². The average Bonchev–Trinajstić information content (AvgIpc) is 1.60. The molecular weight excluding hydrogens is 1250 g/mol. The Balaban J connectivity index is 0.000000151. The zero-order chi connectivity index (χ0) is 65.0. The maximum atomic E-state index is 5.08. The molecule has 96 heavy (non-hydrogen) atoms. The summed E-state index contributed by atoms with van der Waals surface area (Å²) < 4.78 is 10.2. The molecule has 486 valence electrons. The highest BCUT2D eigenvalue weighted by Gasteiger charge is 2.26. The number of aryl methyl sites for hydroxylation is 9. The van der Waals surface area contributed by atoms with Crippen LogP contribution in [-0.2, 0) is 28.2 Å². The van der Waals surface area contributed by atoms with Crippen molar-refractivity contribution in [3.8, 4) is 76.7 Å². The van der Waals surface area contributed by atoms with Gasteiger partial charge in [-0.05, 0) is 156 Å². The molecule has 0 amide bonds. The van der Waals surface area contributed by atoms with E-state index in [1.807, 2.05) is 11.6 Å². The lowest BCUT2D eigenvalue weighted by Crippen LogP contribution is -2.31. The van der Waals surface area contributed by atoms with Gasteiger partial charge in [-0.2, -0.15) is 18.3 Å². The van der Waals surface area contributed by atoms with Crippen LogP contribution in [0.2, 0.25) is 0 Å². The van der Waals surface area contributed by atoms with E-state index in [1.165, 1.54) is 120 Å². The molecule has 15 aromatic rings. The predicted octanol–water partition coefficient (Wildman–Crippen LogP) is 21.8. The van der Waals surface area contributed by atoms with Crippen LogP contribution < -0.4 is 18.3 Å². The first-order valence-electron chi connectivity index (χ1n) is 31.6. The van der Waals surface area contributed by atoms with Crippen LogP contribution in [0.3, 0.4) is 0 Å². The van der Waals surface area contributed by atoms with E-state index in [4.69, 9.17) is 15.0 Å². The second-order valence-corrected chi connectivity index (χ2v) is 28.3. The van der Waals surface area contributed by atoms with Gasteiger partial charge in [0.05, 0.1) is 11.0 Å². The Bertz CT molecular complexity index is 5140. The largest absolute Gasteiger partial charge is 0.289 e. The molecule has 7 aromatic carbocycles. The summed E-state index contributed by atoms with van der Waals surface area (Å²) in [6.45, 7) is 19.8. The number of hydrogen-bond donors (Lipinski definition) is 0. The Morgan fingerprint density at radius 2 is 0.719 bits per heavy atom. The van der Waals surface area contributed by atoms with Gasteiger partial charge in [0.1, 0.15) is 64.5 Å². The van der Waals surface area contributed by atoms with E-state index in [2.05, 4.69) is 326 Å². The normalized spacial score (nSPS) is 10.9. The maximum absolute atomic E-state index is 5.08. The third-order valence-corrected chi connectivity index (χ3v) is 21.6. The van der Waals surface area contributed by atoms with E-state index in [-0.39, 0.29) is 22.3 Å². The van der Waals surface area contributed by atoms with E-state index in [0.29, 0.717) is 11.8 Å². The number of benzene rings is 7. The van der Waals surface area contributed by atoms with Crippen molar-refractivity contribution in [1.29, 1.82) is 0 Å². The van der Waals surface area contributed by atoms with Crippen LogP contribution in [0.15, 0.2) is 224 Å². The summed E-state index contributed by atoms with van der Waals surface area (Å²) in [5, 5.41) is 3.27. The molecule has 0 spiro atoms. The molecule has 12 heteroatoms. The minimum atomic E-state index is 0. The first-order chi connectivity index (χ1) is 45.0. The molecule has 0 bridgehead atoms. The molecule has 8 heterocycles. The van der Waals surface area contributed by atoms with Crippen molar-refractivity contribution in [2.75, 3.05) is 0 Å². The molecular formula is C84H90N8S4+4. The quantitative estimate of drug-likeness (QED) is 0.135. The highest BCUT2D eigenvalue weighted by Crippen LogP contribution is 2.40. The lowest BCUT2D eigenvalue weighted by molar-refractivity contribution is -0.659. The molecule has 0 aliphatic carbocycles. The van der Waals surface area contributed by atoms with Crippen LogP contribution in [-0.4, -0.2) is 19.9 Å². The first kappa shape index (κ1) is 71.0. The standard InChI is InChI=1S/C26H29N2S.C21H19N2S.C20H17N2S.C14H13N2S.3CH4/c1-16(2)19-12-9-13-20(17(3)4)24(19)25-27-22-14-15-23(28(6)26(22)29-25)21-11-8-7-10-18(21)5;1-14-8-10-16(11-9-14)20-22-18-12-13-19(23(3)21(18)24-20)17-7-5-4-6-15(17)2;1-14-8-6-7-11-16(14)18-13-12-17-20(22(18)2)23-19(21-17)15-9-4-3-5-10-15;1-10-5-3-4-6-11(10)13-7-12-14(8-16(13)2)17-9-15-12;;;/h7-17H,1-6H3;4-13H,1-3H3;3-13H,1-2H3;3-9H,1-2H3;3*1H4/q4*+1;;;. The van der Waals surface area contributed by atoms with Crippen molar-refractivity contribution in [2.24, 2.45) is 28.2 Å². The molecule has 0 aliphatic rings. The van der Waals surface area contributed by atoms with E-state index >= 15 is 0 Å². The summed E-state index contributed by atoms with van der Waals surface area (Å²) >= 11 is 6.98. The van der Waals surface area contributed by atoms with Crippen molar-refractivity contribution in [1.82, 2.24) is 19.9 Å². The summed E-state index contributed by atoms with van der Waals surface area (Å²) in [6, 6.07) is 74.8. The number of thiazole rings is 4. The van der Waals surface area contributed by atoms with Crippen LogP contribution in [0.25, 0.3) is 118 Å². The van der Waals surface area contributed by atoms with E-state index < -0.39 is 0 Å². The van der Waals surface area contributed by atoms with Crippen molar-refractivity contribution < 1.29 is 18.3 Å². The van der Waals surface area contributed by atoms with Gasteiger partial charge in [-0.1, -0.05) is 201 Å². The van der Waals surface area contributed by atoms with Crippen LogP contribution in [0.1, 0.15) is 101 Å². The van der Waals surface area contributed by atoms with Crippen molar-refractivity contribution in [2.45, 2.75) is 96.4 Å². The van der Waals surface area contributed by atoms with Crippen LogP contribution in [0.5, 0.6) is 0 Å². The summed E-state index contributed by atoms with van der Waals surface area (Å²) in [6.07, 6.45) is 2.15. The van der Waals surface area contributed by atoms with Crippen LogP contribution in [0.4, 0.5) is 0 Å². The molecule has 15 rings (SSSR count). The lowest BCUT2D eigenvalue weighted by atomic mass is 9.89. The summed E-state index contributed by atoms with van der Waals surface area (Å²) in [4.78, 5) is 22.7. The Hall–Kier alpha value is -9.30. The minimum absolute atomic E-state index is 0. The Kier molecular flexibility index (Phi) is 23.0. The fourth-order valence-corrected chi connectivity index (χ4v) is 16.0. The first-order valence-corrected chi connectivity index (χ1v) is 34.9. The van der Waals surface area contributed by atoms with E-state index in [1.54, 1.807) is 45.3 Å². The van der Waals surface area contributed by atoms with Gasteiger partial charge in [0, 0.05) is 63.2 Å². The van der Waals surface area contributed by atoms with Gasteiger partial charge in [-0.25, -0.2) is 19.9 Å². The third kappa shape index (κ3) is 14.9. The molecule has 8 nitrogen and oxygen atoms in total. The molecule has 0 saturated carbocycles. The van der Waals surface area contributed by atoms with E-state index in [9.17, 15) is 0 Å². The van der Waals surface area contributed by atoms with Crippen LogP contribution >= 0.6 is 45.3 Å². The van der Waals surface area contributed by atoms with Gasteiger partial charge < -0.3 is 0 Å². The second-order valence-electron chi connectivity index (χ2n) is 24.4. The van der Waals surface area contributed by atoms with Gasteiger partial charge in [-0.3, -0.25) is 0 Å². The fourth-order valence-electron chi connectivity index (χ4n) is 12.1. The number of hydrogen-bond acceptors (Lipinski definition) is 8. The Morgan fingerprint density at radius 1 is 0.354 bits per heavy atom. The van der Waals surface area contributed by atoms with Gasteiger partial charge >= 0.3 is 0 Å². The zero-order valence-electron chi connectivity index (χ0n) is 55.2. The van der Waals surface area contributed by atoms with Gasteiger partial charge in [0.15, 0.2) is 6.20 Å². The molecule has 0 saturated heterocycles. The van der Waals surface area contributed by atoms with Crippen LogP contribution in [0, 0.1) is 34.6 Å². The van der Waals surface area contributed by atoms with Gasteiger partial charge in [-0.15, -0.1) is 11.3 Å². The summed E-state index contributed by atoms with van der Waals surface area (Å²) in [5.41, 5.74) is 29.0. The van der Waals surface area contributed by atoms with Gasteiger partial charge in [0.25, 0.3) is 14.5 Å². The molecule has 0 radical (unpaired) electrons. The molecule has 0 N–H and O–H groups in total. The Labute approximate surface area is 584 Å². The number of fused-ring (bicyclic) bond motifs is 4. The highest BCUT2D eigenvalue weighted by atomic mass is 32.1. The second kappa shape index (κ2) is 31.1. The number of aromatic nitrogens is 8. The Morgan fingerprint density at radius 3 is 1.12 bits per heavy atom. The fraction of sp³-hybridized carbons (Fsp3) is 0.214. The summed E-state index contributed by atoms with van der Waals surface area (Å²) in [7, 11) is 8.49. The topological polar surface area (TPSA) is 67.1 Å². The third-order valence-electron chi connectivity index (χ3n) is 17.3.